The Bertz CT molecular complexity index is 303. The first-order chi connectivity index (χ1) is 8.75. The summed E-state index contributed by atoms with van der Waals surface area (Å²) < 4.78 is 5.58. The molecule has 2 saturated heterocycles. The molecule has 0 aromatic carbocycles. The van der Waals surface area contributed by atoms with E-state index in [0.29, 0.717) is 12.1 Å². The van der Waals surface area contributed by atoms with Gasteiger partial charge in [0, 0.05) is 18.7 Å². The zero-order valence-electron chi connectivity index (χ0n) is 11.3. The Morgan fingerprint density at radius 2 is 1.78 bits per heavy atom. The van der Waals surface area contributed by atoms with Gasteiger partial charge in [-0.05, 0) is 58.7 Å². The van der Waals surface area contributed by atoms with Crippen LogP contribution >= 0.6 is 0 Å². The van der Waals surface area contributed by atoms with Crippen molar-refractivity contribution >= 4 is 5.91 Å². The number of piperidine rings is 1. The second kappa shape index (κ2) is 5.17. The number of amides is 1. The highest BCUT2D eigenvalue weighted by atomic mass is 16.5. The van der Waals surface area contributed by atoms with Gasteiger partial charge in [-0.25, -0.2) is 0 Å². The van der Waals surface area contributed by atoms with Crippen molar-refractivity contribution < 1.29 is 9.53 Å². The monoisotopic (exact) mass is 252 g/mol. The minimum absolute atomic E-state index is 0.134. The van der Waals surface area contributed by atoms with Crippen molar-refractivity contribution in [1.82, 2.24) is 9.80 Å². The lowest BCUT2D eigenvalue weighted by molar-refractivity contribution is -0.145. The molecule has 0 N–H and O–H groups in total. The maximum Gasteiger partial charge on any atom is 0.252 e. The summed E-state index contributed by atoms with van der Waals surface area (Å²) in [6, 6.07) is 0.987. The van der Waals surface area contributed by atoms with E-state index < -0.39 is 0 Å². The number of ether oxygens (including phenoxy) is 1. The summed E-state index contributed by atoms with van der Waals surface area (Å²) in [7, 11) is 2.17. The largest absolute Gasteiger partial charge is 0.368 e. The van der Waals surface area contributed by atoms with Gasteiger partial charge >= 0.3 is 0 Å². The van der Waals surface area contributed by atoms with Crippen LogP contribution in [0.15, 0.2) is 0 Å². The standard InChI is InChI=1S/C14H24N2O2/c1-15-8-6-12(7-9-15)16(11-4-5-11)14(17)13-3-2-10-18-13/h11-13H,2-10H2,1H3. The summed E-state index contributed by atoms with van der Waals surface area (Å²) >= 11 is 0. The zero-order valence-corrected chi connectivity index (χ0v) is 11.3. The van der Waals surface area contributed by atoms with Crippen molar-refractivity contribution in [3.8, 4) is 0 Å². The van der Waals surface area contributed by atoms with Gasteiger partial charge in [0.1, 0.15) is 6.10 Å². The second-order valence-electron chi connectivity index (χ2n) is 6.01. The number of hydrogen-bond donors (Lipinski definition) is 0. The minimum atomic E-state index is -0.134. The topological polar surface area (TPSA) is 32.8 Å². The second-order valence-corrected chi connectivity index (χ2v) is 6.01. The van der Waals surface area contributed by atoms with Crippen LogP contribution in [0.2, 0.25) is 0 Å². The Labute approximate surface area is 109 Å². The lowest BCUT2D eigenvalue weighted by Crippen LogP contribution is -2.50. The molecule has 4 nitrogen and oxygen atoms in total. The number of rotatable bonds is 3. The van der Waals surface area contributed by atoms with Crippen molar-refractivity contribution in [3.05, 3.63) is 0 Å². The van der Waals surface area contributed by atoms with Crippen LogP contribution in [0.1, 0.15) is 38.5 Å². The van der Waals surface area contributed by atoms with Crippen LogP contribution in [0.5, 0.6) is 0 Å². The molecule has 1 atom stereocenters. The van der Waals surface area contributed by atoms with E-state index in [9.17, 15) is 4.79 Å². The van der Waals surface area contributed by atoms with Crippen molar-refractivity contribution in [2.24, 2.45) is 0 Å². The third-order valence-corrected chi connectivity index (χ3v) is 4.48. The molecule has 3 rings (SSSR count). The third-order valence-electron chi connectivity index (χ3n) is 4.48. The molecule has 102 valence electrons. The molecule has 4 heteroatoms. The summed E-state index contributed by atoms with van der Waals surface area (Å²) in [6.07, 6.45) is 6.49. The lowest BCUT2D eigenvalue weighted by Gasteiger charge is -2.38. The molecule has 3 aliphatic rings. The summed E-state index contributed by atoms with van der Waals surface area (Å²) in [5, 5.41) is 0. The molecule has 0 aromatic rings. The van der Waals surface area contributed by atoms with Crippen LogP contribution in [-0.4, -0.2) is 60.6 Å². The quantitative estimate of drug-likeness (QED) is 0.758. The predicted octanol–water partition coefficient (Wildman–Crippen LogP) is 1.25. The molecule has 1 amide bonds. The molecule has 2 heterocycles. The minimum Gasteiger partial charge on any atom is -0.368 e. The molecule has 1 unspecified atom stereocenters. The van der Waals surface area contributed by atoms with Crippen LogP contribution in [0, 0.1) is 0 Å². The van der Waals surface area contributed by atoms with Gasteiger partial charge in [-0.1, -0.05) is 0 Å². The van der Waals surface area contributed by atoms with Gasteiger partial charge in [-0.2, -0.15) is 0 Å². The fourth-order valence-corrected chi connectivity index (χ4v) is 3.22. The Morgan fingerprint density at radius 1 is 1.11 bits per heavy atom. The zero-order chi connectivity index (χ0) is 12.5. The molecule has 18 heavy (non-hydrogen) atoms. The number of nitrogens with zero attached hydrogens (tertiary/aromatic N) is 2. The molecule has 1 aliphatic carbocycles. The van der Waals surface area contributed by atoms with E-state index in [-0.39, 0.29) is 12.0 Å². The Kier molecular flexibility index (Phi) is 3.57. The first kappa shape index (κ1) is 12.4. The van der Waals surface area contributed by atoms with Gasteiger partial charge < -0.3 is 14.5 Å². The smallest absolute Gasteiger partial charge is 0.252 e. The summed E-state index contributed by atoms with van der Waals surface area (Å²) in [4.78, 5) is 17.2. The molecule has 0 bridgehead atoms. The van der Waals surface area contributed by atoms with Gasteiger partial charge in [0.05, 0.1) is 0 Å². The Hall–Kier alpha value is -0.610. The van der Waals surface area contributed by atoms with Crippen LogP contribution < -0.4 is 0 Å². The van der Waals surface area contributed by atoms with E-state index in [4.69, 9.17) is 4.74 Å². The van der Waals surface area contributed by atoms with Crippen LogP contribution in [0.4, 0.5) is 0 Å². The summed E-state index contributed by atoms with van der Waals surface area (Å²) in [5.74, 6) is 0.282. The molecular weight excluding hydrogens is 228 g/mol. The average Bonchev–Trinajstić information content (AvgIpc) is 3.05. The molecular formula is C14H24N2O2. The van der Waals surface area contributed by atoms with Crippen molar-refractivity contribution in [3.63, 3.8) is 0 Å². The highest BCUT2D eigenvalue weighted by molar-refractivity contribution is 5.82. The Morgan fingerprint density at radius 3 is 2.33 bits per heavy atom. The van der Waals surface area contributed by atoms with Gasteiger partial charge in [-0.15, -0.1) is 0 Å². The summed E-state index contributed by atoms with van der Waals surface area (Å²) in [6.45, 7) is 3.00. The molecule has 0 aromatic heterocycles. The van der Waals surface area contributed by atoms with Crippen LogP contribution in [0.3, 0.4) is 0 Å². The maximum absolute atomic E-state index is 12.6. The first-order valence-corrected chi connectivity index (χ1v) is 7.38. The normalized spacial score (nSPS) is 30.6. The van der Waals surface area contributed by atoms with Gasteiger partial charge in [-0.3, -0.25) is 4.79 Å². The van der Waals surface area contributed by atoms with E-state index in [2.05, 4.69) is 16.8 Å². The highest BCUT2D eigenvalue weighted by Crippen LogP contribution is 2.33. The van der Waals surface area contributed by atoms with E-state index in [1.807, 2.05) is 0 Å². The van der Waals surface area contributed by atoms with E-state index in [1.165, 1.54) is 12.8 Å². The third kappa shape index (κ3) is 2.54. The fourth-order valence-electron chi connectivity index (χ4n) is 3.22. The first-order valence-electron chi connectivity index (χ1n) is 7.38. The van der Waals surface area contributed by atoms with Crippen molar-refractivity contribution in [2.45, 2.75) is 56.7 Å². The highest BCUT2D eigenvalue weighted by Gasteiger charge is 2.41. The van der Waals surface area contributed by atoms with E-state index in [1.54, 1.807) is 0 Å². The lowest BCUT2D eigenvalue weighted by atomic mass is 10.0. The van der Waals surface area contributed by atoms with Gasteiger partial charge in [0.25, 0.3) is 5.91 Å². The molecule has 3 fully saturated rings. The van der Waals surface area contributed by atoms with Gasteiger partial charge in [0.15, 0.2) is 0 Å². The predicted molar refractivity (Wildman–Crippen MR) is 69.4 cm³/mol. The SMILES string of the molecule is CN1CCC(N(C(=O)C2CCCO2)C2CC2)CC1. The van der Waals surface area contributed by atoms with E-state index >= 15 is 0 Å². The van der Waals surface area contributed by atoms with Gasteiger partial charge in [0.2, 0.25) is 0 Å². The Balaban J connectivity index is 1.65. The maximum atomic E-state index is 12.6. The molecule has 0 spiro atoms. The molecule has 0 radical (unpaired) electrons. The average molecular weight is 252 g/mol. The van der Waals surface area contributed by atoms with E-state index in [0.717, 1.165) is 45.4 Å². The summed E-state index contributed by atoms with van der Waals surface area (Å²) in [5.41, 5.74) is 0. The van der Waals surface area contributed by atoms with Crippen LogP contribution in [0.25, 0.3) is 0 Å². The fraction of sp³-hybridized carbons (Fsp3) is 0.929. The van der Waals surface area contributed by atoms with Crippen molar-refractivity contribution in [1.29, 1.82) is 0 Å². The number of hydrogen-bond acceptors (Lipinski definition) is 3. The number of carbonyl (C=O) groups excluding carboxylic acids is 1. The van der Waals surface area contributed by atoms with Crippen molar-refractivity contribution in [2.75, 3.05) is 26.7 Å². The number of likely N-dealkylation sites (tertiary alicyclic amines) is 1. The number of carbonyl (C=O) groups is 1. The van der Waals surface area contributed by atoms with Crippen LogP contribution in [-0.2, 0) is 9.53 Å². The molecule has 1 saturated carbocycles. The molecule has 2 aliphatic heterocycles.